The number of hydrogen-bond acceptors (Lipinski definition) is 3. The number of carbonyl (C=O) groups excluding carboxylic acids is 2. The maximum atomic E-state index is 12.9. The first-order chi connectivity index (χ1) is 13.1. The number of aliphatic carboxylic acids is 1. The number of rotatable bonds is 12. The standard InChI is InChI=1S/C22H29NO4/c1-2-3-4-5-6-7-11-14-18-19(15-16-20(24)25)22(27)23(21(18)26)17-12-9-8-10-13-17/h8-10,12-13H,2-7,11,14-16H2,1H3,(H,24,25). The SMILES string of the molecule is CCCCCCCCCC1=C(CCC(=O)O)C(=O)N(c2ccccc2)C1=O. The van der Waals surface area contributed by atoms with E-state index in [1.165, 1.54) is 30.6 Å². The maximum Gasteiger partial charge on any atom is 0.303 e. The number of carboxylic acids is 1. The highest BCUT2D eigenvalue weighted by atomic mass is 16.4. The smallest absolute Gasteiger partial charge is 0.303 e. The zero-order valence-corrected chi connectivity index (χ0v) is 16.1. The van der Waals surface area contributed by atoms with Gasteiger partial charge in [0.25, 0.3) is 11.8 Å². The lowest BCUT2D eigenvalue weighted by atomic mass is 9.99. The van der Waals surface area contributed by atoms with E-state index in [1.54, 1.807) is 24.3 Å². The normalized spacial score (nSPS) is 14.3. The first-order valence-electron chi connectivity index (χ1n) is 9.94. The van der Waals surface area contributed by atoms with Crippen molar-refractivity contribution < 1.29 is 19.5 Å². The van der Waals surface area contributed by atoms with Crippen molar-refractivity contribution in [3.63, 3.8) is 0 Å². The van der Waals surface area contributed by atoms with Gasteiger partial charge in [0.15, 0.2) is 0 Å². The first kappa shape index (κ1) is 20.9. The highest BCUT2D eigenvalue weighted by Crippen LogP contribution is 2.32. The van der Waals surface area contributed by atoms with Crippen LogP contribution in [0.15, 0.2) is 41.5 Å². The third kappa shape index (κ3) is 5.78. The van der Waals surface area contributed by atoms with Crippen molar-refractivity contribution in [2.75, 3.05) is 4.90 Å². The van der Waals surface area contributed by atoms with Crippen molar-refractivity contribution in [3.05, 3.63) is 41.5 Å². The fourth-order valence-corrected chi connectivity index (χ4v) is 3.44. The van der Waals surface area contributed by atoms with Gasteiger partial charge in [-0.15, -0.1) is 0 Å². The van der Waals surface area contributed by atoms with E-state index in [2.05, 4.69) is 6.92 Å². The van der Waals surface area contributed by atoms with Gasteiger partial charge in [-0.1, -0.05) is 63.6 Å². The van der Waals surface area contributed by atoms with Crippen LogP contribution in [0.2, 0.25) is 0 Å². The number of imide groups is 1. The molecule has 0 atom stereocenters. The van der Waals surface area contributed by atoms with E-state index in [1.807, 2.05) is 6.07 Å². The van der Waals surface area contributed by atoms with Gasteiger partial charge >= 0.3 is 5.97 Å². The van der Waals surface area contributed by atoms with Crippen LogP contribution in [0.3, 0.4) is 0 Å². The van der Waals surface area contributed by atoms with E-state index in [0.717, 1.165) is 19.3 Å². The van der Waals surface area contributed by atoms with E-state index >= 15 is 0 Å². The summed E-state index contributed by atoms with van der Waals surface area (Å²) in [6, 6.07) is 8.83. The number of anilines is 1. The molecule has 0 bridgehead atoms. The molecule has 0 aromatic heterocycles. The predicted molar refractivity (Wildman–Crippen MR) is 105 cm³/mol. The zero-order chi connectivity index (χ0) is 19.6. The number of unbranched alkanes of at least 4 members (excludes halogenated alkanes) is 6. The summed E-state index contributed by atoms with van der Waals surface area (Å²) in [5, 5.41) is 8.98. The minimum atomic E-state index is -0.962. The van der Waals surface area contributed by atoms with Gasteiger partial charge in [0, 0.05) is 17.6 Å². The second kappa shape index (κ2) is 10.7. The van der Waals surface area contributed by atoms with Crippen LogP contribution in [0.25, 0.3) is 0 Å². The number of amides is 2. The number of para-hydroxylation sites is 1. The Labute approximate surface area is 161 Å². The van der Waals surface area contributed by atoms with Crippen LogP contribution in [0.4, 0.5) is 5.69 Å². The quantitative estimate of drug-likeness (QED) is 0.420. The molecule has 0 aliphatic carbocycles. The average molecular weight is 371 g/mol. The molecule has 1 aliphatic rings. The van der Waals surface area contributed by atoms with Crippen molar-refractivity contribution in [2.45, 2.75) is 71.1 Å². The van der Waals surface area contributed by atoms with Gasteiger partial charge in [-0.05, 0) is 31.4 Å². The van der Waals surface area contributed by atoms with Crippen LogP contribution in [0.5, 0.6) is 0 Å². The van der Waals surface area contributed by atoms with Crippen molar-refractivity contribution in [1.82, 2.24) is 0 Å². The molecule has 1 aromatic carbocycles. The number of carboxylic acid groups (broad SMARTS) is 1. The molecular formula is C22H29NO4. The molecule has 5 nitrogen and oxygen atoms in total. The van der Waals surface area contributed by atoms with Crippen molar-refractivity contribution in [2.24, 2.45) is 0 Å². The molecule has 1 aliphatic heterocycles. The summed E-state index contributed by atoms with van der Waals surface area (Å²) in [6.07, 6.45) is 8.40. The molecule has 5 heteroatoms. The molecule has 0 radical (unpaired) electrons. The zero-order valence-electron chi connectivity index (χ0n) is 16.1. The number of benzene rings is 1. The topological polar surface area (TPSA) is 74.7 Å². The molecule has 0 saturated carbocycles. The molecule has 2 rings (SSSR count). The molecule has 1 heterocycles. The van der Waals surface area contributed by atoms with Crippen LogP contribution in [-0.4, -0.2) is 22.9 Å². The largest absolute Gasteiger partial charge is 0.481 e. The summed E-state index contributed by atoms with van der Waals surface area (Å²) in [5.41, 5.74) is 1.41. The predicted octanol–water partition coefficient (Wildman–Crippen LogP) is 4.86. The summed E-state index contributed by atoms with van der Waals surface area (Å²) in [5.74, 6) is -1.63. The van der Waals surface area contributed by atoms with Gasteiger partial charge in [-0.25, -0.2) is 4.90 Å². The Kier molecular flexibility index (Phi) is 8.24. The van der Waals surface area contributed by atoms with Crippen molar-refractivity contribution >= 4 is 23.5 Å². The van der Waals surface area contributed by atoms with E-state index in [9.17, 15) is 14.4 Å². The Balaban J connectivity index is 2.04. The minimum absolute atomic E-state index is 0.106. The van der Waals surface area contributed by atoms with E-state index in [0.29, 0.717) is 23.3 Å². The lowest BCUT2D eigenvalue weighted by Crippen LogP contribution is -2.31. The number of carbonyl (C=O) groups is 3. The third-order valence-electron chi connectivity index (χ3n) is 4.92. The lowest BCUT2D eigenvalue weighted by Gasteiger charge is -2.15. The average Bonchev–Trinajstić information content (AvgIpc) is 2.89. The Morgan fingerprint density at radius 2 is 1.41 bits per heavy atom. The molecule has 1 aromatic rings. The van der Waals surface area contributed by atoms with Crippen molar-refractivity contribution in [1.29, 1.82) is 0 Å². The highest BCUT2D eigenvalue weighted by Gasteiger charge is 2.38. The summed E-state index contributed by atoms with van der Waals surface area (Å²) >= 11 is 0. The number of hydrogen-bond donors (Lipinski definition) is 1. The molecular weight excluding hydrogens is 342 g/mol. The molecule has 146 valence electrons. The molecule has 0 spiro atoms. The summed E-state index contributed by atoms with van der Waals surface area (Å²) in [7, 11) is 0. The van der Waals surface area contributed by atoms with Gasteiger partial charge in [0.2, 0.25) is 0 Å². The van der Waals surface area contributed by atoms with Crippen molar-refractivity contribution in [3.8, 4) is 0 Å². The first-order valence-corrected chi connectivity index (χ1v) is 9.94. The van der Waals surface area contributed by atoms with Crippen LogP contribution < -0.4 is 4.90 Å². The van der Waals surface area contributed by atoms with Crippen LogP contribution in [0, 0.1) is 0 Å². The summed E-state index contributed by atoms with van der Waals surface area (Å²) in [6.45, 7) is 2.19. The van der Waals surface area contributed by atoms with Gasteiger partial charge in [-0.2, -0.15) is 0 Å². The monoisotopic (exact) mass is 371 g/mol. The highest BCUT2D eigenvalue weighted by molar-refractivity contribution is 6.32. The fraction of sp³-hybridized carbons (Fsp3) is 0.500. The van der Waals surface area contributed by atoms with Crippen LogP contribution in [0.1, 0.15) is 71.1 Å². The summed E-state index contributed by atoms with van der Waals surface area (Å²) in [4.78, 5) is 37.8. The van der Waals surface area contributed by atoms with E-state index in [4.69, 9.17) is 5.11 Å². The Morgan fingerprint density at radius 3 is 2.00 bits per heavy atom. The Hall–Kier alpha value is -2.43. The molecule has 0 saturated heterocycles. The van der Waals surface area contributed by atoms with E-state index in [-0.39, 0.29) is 24.7 Å². The number of nitrogens with zero attached hydrogens (tertiary/aromatic N) is 1. The molecule has 1 N–H and O–H groups in total. The Bertz CT molecular complexity index is 694. The summed E-state index contributed by atoms with van der Waals surface area (Å²) < 4.78 is 0. The van der Waals surface area contributed by atoms with Crippen LogP contribution in [-0.2, 0) is 14.4 Å². The van der Waals surface area contributed by atoms with Gasteiger partial charge < -0.3 is 5.11 Å². The maximum absolute atomic E-state index is 12.9. The Morgan fingerprint density at radius 1 is 0.852 bits per heavy atom. The van der Waals surface area contributed by atoms with Gasteiger partial charge in [0.05, 0.1) is 5.69 Å². The van der Waals surface area contributed by atoms with E-state index < -0.39 is 5.97 Å². The van der Waals surface area contributed by atoms with Gasteiger partial charge in [-0.3, -0.25) is 14.4 Å². The molecule has 2 amide bonds. The fourth-order valence-electron chi connectivity index (χ4n) is 3.44. The second-order valence-electron chi connectivity index (χ2n) is 7.00. The third-order valence-corrected chi connectivity index (χ3v) is 4.92. The molecule has 27 heavy (non-hydrogen) atoms. The minimum Gasteiger partial charge on any atom is -0.481 e. The lowest BCUT2D eigenvalue weighted by molar-refractivity contribution is -0.137. The second-order valence-corrected chi connectivity index (χ2v) is 7.00. The molecule has 0 fully saturated rings. The van der Waals surface area contributed by atoms with Crippen LogP contribution >= 0.6 is 0 Å². The molecule has 0 unspecified atom stereocenters. The van der Waals surface area contributed by atoms with Gasteiger partial charge in [0.1, 0.15) is 0 Å².